The number of thiazole rings is 1. The van der Waals surface area contributed by atoms with Gasteiger partial charge in [0.2, 0.25) is 0 Å². The highest BCUT2D eigenvalue weighted by Crippen LogP contribution is 2.26. The molecule has 5 heteroatoms. The largest absolute Gasteiger partial charge is 0.361 e. The van der Waals surface area contributed by atoms with Crippen molar-refractivity contribution in [3.8, 4) is 0 Å². The molecule has 0 aliphatic rings. The summed E-state index contributed by atoms with van der Waals surface area (Å²) in [6.07, 6.45) is 1.86. The molecule has 0 fully saturated rings. The van der Waals surface area contributed by atoms with Crippen molar-refractivity contribution in [2.75, 3.05) is 5.32 Å². The summed E-state index contributed by atoms with van der Waals surface area (Å²) in [5.41, 5.74) is 2.64. The Labute approximate surface area is 127 Å². The molecule has 0 spiro atoms. The molecule has 2 aromatic heterocycles. The number of nitrogens with one attached hydrogen (secondary N) is 2. The first kappa shape index (κ1) is 13.8. The summed E-state index contributed by atoms with van der Waals surface area (Å²) in [7, 11) is 0. The van der Waals surface area contributed by atoms with E-state index in [-0.39, 0.29) is 11.3 Å². The number of H-pyrrole nitrogens is 1. The van der Waals surface area contributed by atoms with E-state index in [1.165, 1.54) is 11.3 Å². The maximum atomic E-state index is 12.3. The minimum Gasteiger partial charge on any atom is -0.361 e. The summed E-state index contributed by atoms with van der Waals surface area (Å²) >= 11 is 1.46. The average Bonchev–Trinajstić information content (AvgIpc) is 3.04. The molecule has 4 nitrogen and oxygen atoms in total. The van der Waals surface area contributed by atoms with Gasteiger partial charge in [0, 0.05) is 33.5 Å². The quantitative estimate of drug-likeness (QED) is 0.746. The molecule has 21 heavy (non-hydrogen) atoms. The number of anilines is 1. The summed E-state index contributed by atoms with van der Waals surface area (Å²) in [6, 6.07) is 7.55. The second kappa shape index (κ2) is 5.00. The lowest BCUT2D eigenvalue weighted by atomic mass is 9.93. The van der Waals surface area contributed by atoms with Gasteiger partial charge < -0.3 is 4.98 Å². The van der Waals surface area contributed by atoms with Crippen LogP contribution in [-0.4, -0.2) is 15.9 Å². The van der Waals surface area contributed by atoms with Crippen LogP contribution in [0.1, 0.15) is 36.8 Å². The molecule has 1 amide bonds. The summed E-state index contributed by atoms with van der Waals surface area (Å²) in [6.45, 7) is 6.31. The van der Waals surface area contributed by atoms with E-state index in [0.717, 1.165) is 16.6 Å². The van der Waals surface area contributed by atoms with E-state index in [1.807, 2.05) is 35.8 Å². The number of carbonyl (C=O) groups is 1. The number of aromatic nitrogens is 2. The first-order valence-corrected chi connectivity index (χ1v) is 7.66. The van der Waals surface area contributed by atoms with Crippen molar-refractivity contribution in [2.24, 2.45) is 0 Å². The minimum atomic E-state index is -0.132. The van der Waals surface area contributed by atoms with Crippen LogP contribution in [0.15, 0.2) is 35.8 Å². The van der Waals surface area contributed by atoms with Crippen LogP contribution in [0, 0.1) is 0 Å². The summed E-state index contributed by atoms with van der Waals surface area (Å²) < 4.78 is 0. The maximum absolute atomic E-state index is 12.3. The molecular formula is C16H17N3OS. The van der Waals surface area contributed by atoms with E-state index in [1.54, 1.807) is 0 Å². The van der Waals surface area contributed by atoms with Crippen LogP contribution in [0.2, 0.25) is 0 Å². The van der Waals surface area contributed by atoms with Crippen molar-refractivity contribution in [3.63, 3.8) is 0 Å². The Kier molecular flexibility index (Phi) is 3.29. The van der Waals surface area contributed by atoms with Crippen molar-refractivity contribution in [1.82, 2.24) is 9.97 Å². The van der Waals surface area contributed by atoms with E-state index in [9.17, 15) is 4.79 Å². The van der Waals surface area contributed by atoms with Gasteiger partial charge in [-0.3, -0.25) is 10.1 Å². The highest BCUT2D eigenvalue weighted by molar-refractivity contribution is 7.14. The second-order valence-corrected chi connectivity index (χ2v) is 6.88. The molecular weight excluding hydrogens is 282 g/mol. The summed E-state index contributed by atoms with van der Waals surface area (Å²) in [5, 5.41) is 6.52. The lowest BCUT2D eigenvalue weighted by Crippen LogP contribution is -2.14. The molecule has 2 N–H and O–H groups in total. The number of aromatic amines is 1. The standard InChI is InChI=1S/C16H17N3OS/c1-16(2,3)13-9-21-15(18-13)19-14(20)11-4-5-12-10(8-11)6-7-17-12/h4-9,17H,1-3H3,(H,18,19,20). The molecule has 0 radical (unpaired) electrons. The molecule has 2 heterocycles. The van der Waals surface area contributed by atoms with Gasteiger partial charge in [-0.2, -0.15) is 0 Å². The lowest BCUT2D eigenvalue weighted by Gasteiger charge is -2.14. The van der Waals surface area contributed by atoms with Crippen molar-refractivity contribution in [1.29, 1.82) is 0 Å². The van der Waals surface area contributed by atoms with Crippen molar-refractivity contribution in [3.05, 3.63) is 47.1 Å². The van der Waals surface area contributed by atoms with Crippen LogP contribution in [-0.2, 0) is 5.41 Å². The maximum Gasteiger partial charge on any atom is 0.257 e. The lowest BCUT2D eigenvalue weighted by molar-refractivity contribution is 0.102. The zero-order valence-electron chi connectivity index (χ0n) is 12.2. The Hall–Kier alpha value is -2.14. The van der Waals surface area contributed by atoms with Crippen molar-refractivity contribution in [2.45, 2.75) is 26.2 Å². The van der Waals surface area contributed by atoms with Crippen molar-refractivity contribution < 1.29 is 4.79 Å². The highest BCUT2D eigenvalue weighted by atomic mass is 32.1. The smallest absolute Gasteiger partial charge is 0.257 e. The van der Waals surface area contributed by atoms with E-state index in [4.69, 9.17) is 0 Å². The van der Waals surface area contributed by atoms with Gasteiger partial charge in [0.25, 0.3) is 5.91 Å². The number of hydrogen-bond acceptors (Lipinski definition) is 3. The predicted molar refractivity (Wildman–Crippen MR) is 87.1 cm³/mol. The van der Waals surface area contributed by atoms with Crippen LogP contribution >= 0.6 is 11.3 Å². The van der Waals surface area contributed by atoms with Crippen molar-refractivity contribution >= 4 is 33.3 Å². The molecule has 0 unspecified atom stereocenters. The Balaban J connectivity index is 1.81. The fourth-order valence-corrected chi connectivity index (χ4v) is 2.97. The van der Waals surface area contributed by atoms with Crippen LogP contribution < -0.4 is 5.32 Å². The normalized spacial score (nSPS) is 11.8. The molecule has 0 saturated carbocycles. The van der Waals surface area contributed by atoms with Gasteiger partial charge in [-0.1, -0.05) is 20.8 Å². The first-order chi connectivity index (χ1) is 9.93. The van der Waals surface area contributed by atoms with Gasteiger partial charge in [-0.15, -0.1) is 11.3 Å². The number of benzene rings is 1. The molecule has 3 rings (SSSR count). The number of amides is 1. The number of rotatable bonds is 2. The molecule has 0 bridgehead atoms. The SMILES string of the molecule is CC(C)(C)c1csc(NC(=O)c2ccc3[nH]ccc3c2)n1. The van der Waals surface area contributed by atoms with Gasteiger partial charge in [-0.05, 0) is 24.3 Å². The molecule has 3 aromatic rings. The van der Waals surface area contributed by atoms with E-state index in [0.29, 0.717) is 10.7 Å². The third-order valence-electron chi connectivity index (χ3n) is 3.31. The van der Waals surface area contributed by atoms with E-state index in [2.05, 4.69) is 36.1 Å². The molecule has 0 atom stereocenters. The Morgan fingerprint density at radius 1 is 1.29 bits per heavy atom. The van der Waals surface area contributed by atoms with Gasteiger partial charge in [0.1, 0.15) is 0 Å². The fraction of sp³-hybridized carbons (Fsp3) is 0.250. The summed E-state index contributed by atoms with van der Waals surface area (Å²) in [4.78, 5) is 19.9. The monoisotopic (exact) mass is 299 g/mol. The first-order valence-electron chi connectivity index (χ1n) is 6.78. The van der Waals surface area contributed by atoms with Gasteiger partial charge in [0.15, 0.2) is 5.13 Å². The number of carbonyl (C=O) groups excluding carboxylic acids is 1. The van der Waals surface area contributed by atoms with Crippen LogP contribution in [0.3, 0.4) is 0 Å². The van der Waals surface area contributed by atoms with Crippen LogP contribution in [0.5, 0.6) is 0 Å². The number of hydrogen-bond donors (Lipinski definition) is 2. The molecule has 1 aromatic carbocycles. The van der Waals surface area contributed by atoms with Crippen LogP contribution in [0.4, 0.5) is 5.13 Å². The average molecular weight is 299 g/mol. The topological polar surface area (TPSA) is 57.8 Å². The van der Waals surface area contributed by atoms with Crippen LogP contribution in [0.25, 0.3) is 10.9 Å². The van der Waals surface area contributed by atoms with E-state index < -0.39 is 0 Å². The highest BCUT2D eigenvalue weighted by Gasteiger charge is 2.18. The third kappa shape index (κ3) is 2.83. The van der Waals surface area contributed by atoms with Gasteiger partial charge >= 0.3 is 0 Å². The fourth-order valence-electron chi connectivity index (χ4n) is 2.04. The Bertz CT molecular complexity index is 795. The number of fused-ring (bicyclic) bond motifs is 1. The molecule has 108 valence electrons. The zero-order valence-corrected chi connectivity index (χ0v) is 13.0. The summed E-state index contributed by atoms with van der Waals surface area (Å²) in [5.74, 6) is -0.132. The molecule has 0 aliphatic heterocycles. The number of nitrogens with zero attached hydrogens (tertiary/aromatic N) is 1. The minimum absolute atomic E-state index is 0.0104. The Morgan fingerprint density at radius 3 is 2.81 bits per heavy atom. The zero-order chi connectivity index (χ0) is 15.0. The third-order valence-corrected chi connectivity index (χ3v) is 4.07. The molecule has 0 saturated heterocycles. The Morgan fingerprint density at radius 2 is 2.10 bits per heavy atom. The predicted octanol–water partition coefficient (Wildman–Crippen LogP) is 4.17. The van der Waals surface area contributed by atoms with Gasteiger partial charge in [0.05, 0.1) is 5.69 Å². The molecule has 0 aliphatic carbocycles. The van der Waals surface area contributed by atoms with Gasteiger partial charge in [-0.25, -0.2) is 4.98 Å². The second-order valence-electron chi connectivity index (χ2n) is 6.02. The van der Waals surface area contributed by atoms with E-state index >= 15 is 0 Å².